The molecule has 1 aliphatic carbocycles. The Balaban J connectivity index is 2.48. The average molecular weight is 222 g/mol. The summed E-state index contributed by atoms with van der Waals surface area (Å²) in [6.45, 7) is 4.09. The van der Waals surface area contributed by atoms with Crippen LogP contribution >= 0.6 is 0 Å². The molecule has 2 nitrogen and oxygen atoms in total. The zero-order chi connectivity index (χ0) is 11.9. The number of aliphatic carboxylic acids is 1. The first-order valence-corrected chi connectivity index (χ1v) is 5.53. The molecule has 86 valence electrons. The van der Waals surface area contributed by atoms with E-state index in [0.29, 0.717) is 12.3 Å². The lowest BCUT2D eigenvalue weighted by molar-refractivity contribution is -0.138. The van der Waals surface area contributed by atoms with Crippen molar-refractivity contribution >= 4 is 5.97 Å². The summed E-state index contributed by atoms with van der Waals surface area (Å²) >= 11 is 0. The van der Waals surface area contributed by atoms with E-state index in [4.69, 9.17) is 5.11 Å². The lowest BCUT2D eigenvalue weighted by atomic mass is 9.90. The molecule has 16 heavy (non-hydrogen) atoms. The minimum absolute atomic E-state index is 0.159. The monoisotopic (exact) mass is 222 g/mol. The fourth-order valence-corrected chi connectivity index (χ4v) is 2.56. The lowest BCUT2D eigenvalue weighted by Crippen LogP contribution is -2.09. The summed E-state index contributed by atoms with van der Waals surface area (Å²) in [7, 11) is 0. The second kappa shape index (κ2) is 3.89. The van der Waals surface area contributed by atoms with Crippen LogP contribution in [0.3, 0.4) is 0 Å². The van der Waals surface area contributed by atoms with Crippen molar-refractivity contribution in [3.05, 3.63) is 35.1 Å². The maximum atomic E-state index is 13.2. The van der Waals surface area contributed by atoms with Crippen LogP contribution in [0.25, 0.3) is 0 Å². The first-order chi connectivity index (χ1) is 7.50. The summed E-state index contributed by atoms with van der Waals surface area (Å²) in [5.74, 6) is -1.06. The van der Waals surface area contributed by atoms with Crippen LogP contribution in [0, 0.1) is 11.7 Å². The van der Waals surface area contributed by atoms with Crippen molar-refractivity contribution in [2.75, 3.05) is 0 Å². The fraction of sp³-hybridized carbons (Fsp3) is 0.462. The van der Waals surface area contributed by atoms with E-state index >= 15 is 0 Å². The first kappa shape index (κ1) is 11.1. The molecule has 0 saturated carbocycles. The predicted octanol–water partition coefficient (Wildman–Crippen LogP) is 3.14. The van der Waals surface area contributed by atoms with E-state index in [1.807, 2.05) is 13.8 Å². The third-order valence-corrected chi connectivity index (χ3v) is 3.42. The number of halogens is 1. The molecule has 0 bridgehead atoms. The summed E-state index contributed by atoms with van der Waals surface area (Å²) < 4.78 is 13.2. The Kier molecular flexibility index (Phi) is 2.70. The van der Waals surface area contributed by atoms with Gasteiger partial charge >= 0.3 is 5.97 Å². The van der Waals surface area contributed by atoms with Crippen LogP contribution in [-0.2, 0) is 4.79 Å². The van der Waals surface area contributed by atoms with E-state index in [-0.39, 0.29) is 11.7 Å². The largest absolute Gasteiger partial charge is 0.481 e. The Bertz CT molecular complexity index is 426. The second-order valence-electron chi connectivity index (χ2n) is 4.75. The number of hydrogen-bond donors (Lipinski definition) is 1. The number of carboxylic acid groups (broad SMARTS) is 1. The summed E-state index contributed by atoms with van der Waals surface area (Å²) in [5.41, 5.74) is 1.66. The second-order valence-corrected chi connectivity index (χ2v) is 4.75. The molecule has 2 rings (SSSR count). The van der Waals surface area contributed by atoms with Gasteiger partial charge < -0.3 is 5.11 Å². The Labute approximate surface area is 94.1 Å². The van der Waals surface area contributed by atoms with Crippen molar-refractivity contribution in [3.63, 3.8) is 0 Å². The highest BCUT2D eigenvalue weighted by Gasteiger charge is 2.36. The lowest BCUT2D eigenvalue weighted by Gasteiger charge is -2.15. The van der Waals surface area contributed by atoms with Gasteiger partial charge in [0.25, 0.3) is 0 Å². The number of hydrogen-bond acceptors (Lipinski definition) is 1. The van der Waals surface area contributed by atoms with Gasteiger partial charge in [-0.2, -0.15) is 0 Å². The van der Waals surface area contributed by atoms with E-state index in [2.05, 4.69) is 0 Å². The van der Waals surface area contributed by atoms with Crippen LogP contribution in [0.1, 0.15) is 43.2 Å². The minimum atomic E-state index is -0.809. The van der Waals surface area contributed by atoms with Crippen molar-refractivity contribution in [3.8, 4) is 0 Å². The molecule has 0 aliphatic heterocycles. The van der Waals surface area contributed by atoms with E-state index in [1.54, 1.807) is 6.07 Å². The molecule has 0 spiro atoms. The summed E-state index contributed by atoms with van der Waals surface area (Å²) in [4.78, 5) is 11.1. The average Bonchev–Trinajstić information content (AvgIpc) is 2.56. The molecule has 0 saturated heterocycles. The highest BCUT2D eigenvalue weighted by molar-refractivity contribution is 5.78. The van der Waals surface area contributed by atoms with Crippen molar-refractivity contribution in [2.24, 2.45) is 5.92 Å². The maximum absolute atomic E-state index is 13.2. The van der Waals surface area contributed by atoms with Gasteiger partial charge in [-0.05, 0) is 41.5 Å². The van der Waals surface area contributed by atoms with Crippen LogP contribution in [0.4, 0.5) is 4.39 Å². The van der Waals surface area contributed by atoms with Crippen molar-refractivity contribution in [1.82, 2.24) is 0 Å². The molecule has 2 atom stereocenters. The van der Waals surface area contributed by atoms with Gasteiger partial charge in [-0.15, -0.1) is 0 Å². The molecule has 1 N–H and O–H groups in total. The molecule has 0 heterocycles. The Morgan fingerprint density at radius 2 is 2.12 bits per heavy atom. The normalized spacial score (nSPS) is 23.5. The van der Waals surface area contributed by atoms with E-state index in [0.717, 1.165) is 11.1 Å². The summed E-state index contributed by atoms with van der Waals surface area (Å²) in [6, 6.07) is 4.45. The minimum Gasteiger partial charge on any atom is -0.481 e. The van der Waals surface area contributed by atoms with Gasteiger partial charge in [-0.3, -0.25) is 4.79 Å². The van der Waals surface area contributed by atoms with Crippen molar-refractivity contribution in [1.29, 1.82) is 0 Å². The van der Waals surface area contributed by atoms with Crippen LogP contribution in [0.5, 0.6) is 0 Å². The van der Waals surface area contributed by atoms with Crippen molar-refractivity contribution in [2.45, 2.75) is 32.1 Å². The Morgan fingerprint density at radius 1 is 1.44 bits per heavy atom. The molecule has 1 aromatic rings. The van der Waals surface area contributed by atoms with Gasteiger partial charge in [0.05, 0.1) is 5.92 Å². The Hall–Kier alpha value is -1.38. The van der Waals surface area contributed by atoms with Crippen LogP contribution in [0.2, 0.25) is 0 Å². The first-order valence-electron chi connectivity index (χ1n) is 5.53. The SMILES string of the molecule is CC(C)C1CC(C(=O)O)c2ccc(F)cc21. The molecule has 1 aromatic carbocycles. The number of benzene rings is 1. The van der Waals surface area contributed by atoms with Gasteiger partial charge in [0.1, 0.15) is 5.82 Å². The molecule has 0 aromatic heterocycles. The van der Waals surface area contributed by atoms with Gasteiger partial charge in [0.15, 0.2) is 0 Å². The zero-order valence-corrected chi connectivity index (χ0v) is 9.40. The molecular weight excluding hydrogens is 207 g/mol. The number of carboxylic acids is 1. The van der Waals surface area contributed by atoms with Gasteiger partial charge in [-0.1, -0.05) is 19.9 Å². The molecule has 0 radical (unpaired) electrons. The van der Waals surface area contributed by atoms with E-state index in [9.17, 15) is 9.18 Å². The maximum Gasteiger partial charge on any atom is 0.311 e. The van der Waals surface area contributed by atoms with E-state index in [1.165, 1.54) is 12.1 Å². The highest BCUT2D eigenvalue weighted by Crippen LogP contribution is 2.45. The quantitative estimate of drug-likeness (QED) is 0.834. The van der Waals surface area contributed by atoms with Gasteiger partial charge in [0.2, 0.25) is 0 Å². The van der Waals surface area contributed by atoms with Crippen LogP contribution in [-0.4, -0.2) is 11.1 Å². The third kappa shape index (κ3) is 1.70. The standard InChI is InChI=1S/C13H15FO2/c1-7(2)10-6-12(13(15)16)9-4-3-8(14)5-11(9)10/h3-5,7,10,12H,6H2,1-2H3,(H,15,16). The zero-order valence-electron chi connectivity index (χ0n) is 9.40. The van der Waals surface area contributed by atoms with Gasteiger partial charge in [0, 0.05) is 0 Å². The topological polar surface area (TPSA) is 37.3 Å². The molecule has 1 aliphatic rings. The molecular formula is C13H15FO2. The molecule has 0 fully saturated rings. The Morgan fingerprint density at radius 3 is 2.69 bits per heavy atom. The number of carbonyl (C=O) groups is 1. The van der Waals surface area contributed by atoms with Gasteiger partial charge in [-0.25, -0.2) is 4.39 Å². The molecule has 3 heteroatoms. The molecule has 0 amide bonds. The fourth-order valence-electron chi connectivity index (χ4n) is 2.56. The summed E-state index contributed by atoms with van der Waals surface area (Å²) in [6.07, 6.45) is 0.589. The summed E-state index contributed by atoms with van der Waals surface area (Å²) in [5, 5.41) is 9.14. The third-order valence-electron chi connectivity index (χ3n) is 3.42. The molecule has 2 unspecified atom stereocenters. The smallest absolute Gasteiger partial charge is 0.311 e. The number of fused-ring (bicyclic) bond motifs is 1. The van der Waals surface area contributed by atoms with Crippen LogP contribution in [0.15, 0.2) is 18.2 Å². The highest BCUT2D eigenvalue weighted by atomic mass is 19.1. The predicted molar refractivity (Wildman–Crippen MR) is 59.0 cm³/mol. The van der Waals surface area contributed by atoms with Crippen molar-refractivity contribution < 1.29 is 14.3 Å². The van der Waals surface area contributed by atoms with Crippen LogP contribution < -0.4 is 0 Å². The van der Waals surface area contributed by atoms with E-state index < -0.39 is 11.9 Å². The number of rotatable bonds is 2.